The number of rotatable bonds is 8. The second-order valence-electron chi connectivity index (χ2n) is 5.36. The van der Waals surface area contributed by atoms with E-state index in [-0.39, 0.29) is 31.4 Å². The fourth-order valence-electron chi connectivity index (χ4n) is 2.35. The number of hydrogen-bond donors (Lipinski definition) is 3. The van der Waals surface area contributed by atoms with Crippen molar-refractivity contribution < 1.29 is 24.2 Å². The number of carbonyl (C=O) groups is 2. The summed E-state index contributed by atoms with van der Waals surface area (Å²) in [6.45, 7) is 1.75. The van der Waals surface area contributed by atoms with Crippen LogP contribution in [0.5, 0.6) is 11.5 Å². The number of methoxy groups -OCH3 is 1. The third-order valence-electron chi connectivity index (χ3n) is 3.60. The van der Waals surface area contributed by atoms with E-state index in [2.05, 4.69) is 10.6 Å². The first-order chi connectivity index (χ1) is 12.5. The summed E-state index contributed by atoms with van der Waals surface area (Å²) in [7, 11) is 1.56. The lowest BCUT2D eigenvalue weighted by atomic mass is 10.0. The summed E-state index contributed by atoms with van der Waals surface area (Å²) in [6.07, 6.45) is 0. The molecule has 7 heteroatoms. The zero-order chi connectivity index (χ0) is 18.9. The van der Waals surface area contributed by atoms with Crippen LogP contribution < -0.4 is 15.4 Å². The SMILES string of the molecule is CCOC(=O)CNC(=O)CNc1ccc(OC)cc1-c1ccccc1O. The van der Waals surface area contributed by atoms with Gasteiger partial charge < -0.3 is 25.2 Å². The minimum atomic E-state index is -0.486. The van der Waals surface area contributed by atoms with Gasteiger partial charge in [0.2, 0.25) is 5.91 Å². The lowest BCUT2D eigenvalue weighted by Crippen LogP contribution is -2.34. The number of ether oxygens (including phenoxy) is 2. The molecule has 0 spiro atoms. The van der Waals surface area contributed by atoms with Crippen LogP contribution in [0, 0.1) is 0 Å². The second kappa shape index (κ2) is 9.31. The molecule has 26 heavy (non-hydrogen) atoms. The van der Waals surface area contributed by atoms with Crippen molar-refractivity contribution in [1.29, 1.82) is 0 Å². The Kier molecular flexibility index (Phi) is 6.84. The van der Waals surface area contributed by atoms with Crippen LogP contribution in [-0.2, 0) is 14.3 Å². The number of hydrogen-bond acceptors (Lipinski definition) is 6. The van der Waals surface area contributed by atoms with Gasteiger partial charge in [0.25, 0.3) is 0 Å². The molecular formula is C19H22N2O5. The van der Waals surface area contributed by atoms with E-state index in [1.807, 2.05) is 6.07 Å². The Balaban J connectivity index is 2.11. The molecule has 0 saturated carbocycles. The van der Waals surface area contributed by atoms with Gasteiger partial charge in [-0.05, 0) is 31.2 Å². The van der Waals surface area contributed by atoms with Gasteiger partial charge in [0, 0.05) is 16.8 Å². The van der Waals surface area contributed by atoms with E-state index >= 15 is 0 Å². The Morgan fingerprint density at radius 3 is 2.54 bits per heavy atom. The third-order valence-corrected chi connectivity index (χ3v) is 3.60. The van der Waals surface area contributed by atoms with Crippen LogP contribution in [0.3, 0.4) is 0 Å². The quantitative estimate of drug-likeness (QED) is 0.626. The molecule has 0 atom stereocenters. The number of para-hydroxylation sites is 1. The van der Waals surface area contributed by atoms with Crippen molar-refractivity contribution >= 4 is 17.6 Å². The summed E-state index contributed by atoms with van der Waals surface area (Å²) in [6, 6.07) is 12.2. The van der Waals surface area contributed by atoms with E-state index in [1.165, 1.54) is 0 Å². The first kappa shape index (κ1) is 19.1. The molecule has 1 amide bonds. The highest BCUT2D eigenvalue weighted by Crippen LogP contribution is 2.36. The maximum Gasteiger partial charge on any atom is 0.325 e. The molecular weight excluding hydrogens is 336 g/mol. The van der Waals surface area contributed by atoms with Crippen molar-refractivity contribution in [2.75, 3.05) is 32.1 Å². The molecule has 2 rings (SSSR count). The van der Waals surface area contributed by atoms with Crippen LogP contribution in [-0.4, -0.2) is 43.8 Å². The van der Waals surface area contributed by atoms with Gasteiger partial charge in [-0.25, -0.2) is 0 Å². The van der Waals surface area contributed by atoms with Gasteiger partial charge in [-0.3, -0.25) is 9.59 Å². The normalized spacial score (nSPS) is 10.1. The summed E-state index contributed by atoms with van der Waals surface area (Å²) < 4.78 is 10.00. The number of carbonyl (C=O) groups excluding carboxylic acids is 2. The summed E-state index contributed by atoms with van der Waals surface area (Å²) >= 11 is 0. The lowest BCUT2D eigenvalue weighted by molar-refractivity contribution is -0.143. The van der Waals surface area contributed by atoms with Gasteiger partial charge in [-0.2, -0.15) is 0 Å². The van der Waals surface area contributed by atoms with Gasteiger partial charge >= 0.3 is 5.97 Å². The maximum absolute atomic E-state index is 11.9. The Morgan fingerprint density at radius 1 is 1.08 bits per heavy atom. The number of anilines is 1. The van der Waals surface area contributed by atoms with Gasteiger partial charge in [-0.15, -0.1) is 0 Å². The highest BCUT2D eigenvalue weighted by molar-refractivity contribution is 5.88. The standard InChI is InChI=1S/C19H22N2O5/c1-3-26-19(24)12-21-18(23)11-20-16-9-8-13(25-2)10-15(16)14-6-4-5-7-17(14)22/h4-10,20,22H,3,11-12H2,1-2H3,(H,21,23). The van der Waals surface area contributed by atoms with E-state index in [1.54, 1.807) is 50.4 Å². The van der Waals surface area contributed by atoms with E-state index in [4.69, 9.17) is 9.47 Å². The van der Waals surface area contributed by atoms with E-state index in [0.29, 0.717) is 22.6 Å². The molecule has 2 aromatic carbocycles. The molecule has 0 heterocycles. The topological polar surface area (TPSA) is 96.9 Å². The molecule has 2 aromatic rings. The van der Waals surface area contributed by atoms with Crippen LogP contribution in [0.15, 0.2) is 42.5 Å². The fourth-order valence-corrected chi connectivity index (χ4v) is 2.35. The Hall–Kier alpha value is -3.22. The zero-order valence-corrected chi connectivity index (χ0v) is 14.7. The van der Waals surface area contributed by atoms with Crippen LogP contribution in [0.2, 0.25) is 0 Å². The zero-order valence-electron chi connectivity index (χ0n) is 14.7. The molecule has 0 aliphatic carbocycles. The van der Waals surface area contributed by atoms with Crippen LogP contribution in [0.1, 0.15) is 6.92 Å². The molecule has 0 radical (unpaired) electrons. The lowest BCUT2D eigenvalue weighted by Gasteiger charge is -2.14. The smallest absolute Gasteiger partial charge is 0.325 e. The minimum Gasteiger partial charge on any atom is -0.507 e. The van der Waals surface area contributed by atoms with Gasteiger partial charge in [0.1, 0.15) is 18.0 Å². The average Bonchev–Trinajstić information content (AvgIpc) is 2.65. The Morgan fingerprint density at radius 2 is 1.85 bits per heavy atom. The molecule has 0 aliphatic heterocycles. The summed E-state index contributed by atoms with van der Waals surface area (Å²) in [5.74, 6) is -0.0894. The third kappa shape index (κ3) is 5.14. The monoisotopic (exact) mass is 358 g/mol. The van der Waals surface area contributed by atoms with Gasteiger partial charge in [0.05, 0.1) is 20.3 Å². The largest absolute Gasteiger partial charge is 0.507 e. The first-order valence-electron chi connectivity index (χ1n) is 8.17. The Bertz CT molecular complexity index is 776. The minimum absolute atomic E-state index is 0.0354. The van der Waals surface area contributed by atoms with Crippen LogP contribution in [0.4, 0.5) is 5.69 Å². The molecule has 0 saturated heterocycles. The van der Waals surface area contributed by atoms with Crippen molar-refractivity contribution in [1.82, 2.24) is 5.32 Å². The predicted octanol–water partition coefficient (Wildman–Crippen LogP) is 2.16. The van der Waals surface area contributed by atoms with Crippen molar-refractivity contribution in [3.63, 3.8) is 0 Å². The second-order valence-corrected chi connectivity index (χ2v) is 5.36. The Labute approximate surface area is 151 Å². The summed E-state index contributed by atoms with van der Waals surface area (Å²) in [4.78, 5) is 23.2. The fraction of sp³-hybridized carbons (Fsp3) is 0.263. The molecule has 0 fully saturated rings. The van der Waals surface area contributed by atoms with E-state index in [9.17, 15) is 14.7 Å². The van der Waals surface area contributed by atoms with Crippen LogP contribution >= 0.6 is 0 Å². The van der Waals surface area contributed by atoms with E-state index < -0.39 is 5.97 Å². The molecule has 7 nitrogen and oxygen atoms in total. The maximum atomic E-state index is 11.9. The first-order valence-corrected chi connectivity index (χ1v) is 8.17. The molecule has 3 N–H and O–H groups in total. The number of nitrogens with one attached hydrogen (secondary N) is 2. The number of amides is 1. The molecule has 0 unspecified atom stereocenters. The van der Waals surface area contributed by atoms with E-state index in [0.717, 1.165) is 0 Å². The van der Waals surface area contributed by atoms with Crippen LogP contribution in [0.25, 0.3) is 11.1 Å². The molecule has 0 aromatic heterocycles. The van der Waals surface area contributed by atoms with Crippen molar-refractivity contribution in [3.05, 3.63) is 42.5 Å². The number of esters is 1. The summed E-state index contributed by atoms with van der Waals surface area (Å²) in [5, 5.41) is 15.6. The van der Waals surface area contributed by atoms with Crippen molar-refractivity contribution in [3.8, 4) is 22.6 Å². The number of phenolic OH excluding ortho intramolecular Hbond substituents is 1. The van der Waals surface area contributed by atoms with Crippen molar-refractivity contribution in [2.24, 2.45) is 0 Å². The number of benzene rings is 2. The highest BCUT2D eigenvalue weighted by atomic mass is 16.5. The molecule has 0 bridgehead atoms. The average molecular weight is 358 g/mol. The highest BCUT2D eigenvalue weighted by Gasteiger charge is 2.12. The van der Waals surface area contributed by atoms with Gasteiger partial charge in [-0.1, -0.05) is 18.2 Å². The molecule has 0 aliphatic rings. The molecule has 138 valence electrons. The van der Waals surface area contributed by atoms with Gasteiger partial charge in [0.15, 0.2) is 0 Å². The van der Waals surface area contributed by atoms with Crippen molar-refractivity contribution in [2.45, 2.75) is 6.92 Å². The number of aromatic hydroxyl groups is 1. The summed E-state index contributed by atoms with van der Waals surface area (Å²) in [5.41, 5.74) is 1.96. The number of phenols is 1. The predicted molar refractivity (Wildman–Crippen MR) is 98.2 cm³/mol.